The minimum atomic E-state index is -0.461. The molecule has 16 heavy (non-hydrogen) atoms. The first-order chi connectivity index (χ1) is 7.63. The van der Waals surface area contributed by atoms with Crippen LogP contribution in [0.15, 0.2) is 24.3 Å². The number of ether oxygens (including phenoxy) is 1. The third-order valence-corrected chi connectivity index (χ3v) is 1.92. The lowest BCUT2D eigenvalue weighted by Gasteiger charge is -2.13. The van der Waals surface area contributed by atoms with Crippen molar-refractivity contribution in [1.29, 1.82) is 0 Å². The topological polar surface area (TPSA) is 50.4 Å². The molecule has 1 aromatic rings. The summed E-state index contributed by atoms with van der Waals surface area (Å²) in [7, 11) is 1.55. The number of rotatable bonds is 4. The smallest absolute Gasteiger partial charge is 0.319 e. The highest BCUT2D eigenvalue weighted by molar-refractivity contribution is 5.89. The molecule has 0 fully saturated rings. The molecule has 0 spiro atoms. The van der Waals surface area contributed by atoms with E-state index in [9.17, 15) is 9.18 Å². The van der Waals surface area contributed by atoms with Gasteiger partial charge in [-0.2, -0.15) is 0 Å². The maximum Gasteiger partial charge on any atom is 0.319 e. The Hall–Kier alpha value is -1.62. The number of urea groups is 1. The van der Waals surface area contributed by atoms with Gasteiger partial charge in [0.1, 0.15) is 5.82 Å². The van der Waals surface area contributed by atoms with Gasteiger partial charge in [0.2, 0.25) is 0 Å². The van der Waals surface area contributed by atoms with Gasteiger partial charge in [0.15, 0.2) is 0 Å². The van der Waals surface area contributed by atoms with Crippen LogP contribution in [0.4, 0.5) is 14.9 Å². The second-order valence-electron chi connectivity index (χ2n) is 3.43. The van der Waals surface area contributed by atoms with Crippen molar-refractivity contribution in [1.82, 2.24) is 5.32 Å². The molecule has 1 atom stereocenters. The van der Waals surface area contributed by atoms with Gasteiger partial charge in [0.05, 0.1) is 18.3 Å². The maximum atomic E-state index is 13.2. The second-order valence-corrected chi connectivity index (χ2v) is 3.43. The molecular weight excluding hydrogens is 211 g/mol. The predicted molar refractivity (Wildman–Crippen MR) is 59.9 cm³/mol. The van der Waals surface area contributed by atoms with Crippen LogP contribution < -0.4 is 10.6 Å². The van der Waals surface area contributed by atoms with Gasteiger partial charge in [-0.25, -0.2) is 9.18 Å². The molecule has 2 amide bonds. The third kappa shape index (κ3) is 3.86. The van der Waals surface area contributed by atoms with E-state index < -0.39 is 11.8 Å². The van der Waals surface area contributed by atoms with Crippen LogP contribution in [0.1, 0.15) is 6.92 Å². The fraction of sp³-hybridized carbons (Fsp3) is 0.364. The van der Waals surface area contributed by atoms with E-state index in [-0.39, 0.29) is 11.7 Å². The average molecular weight is 226 g/mol. The number of carbonyl (C=O) groups is 1. The number of benzene rings is 1. The third-order valence-electron chi connectivity index (χ3n) is 1.92. The number of amides is 2. The van der Waals surface area contributed by atoms with E-state index in [4.69, 9.17) is 4.74 Å². The van der Waals surface area contributed by atoms with Gasteiger partial charge in [0.25, 0.3) is 0 Å². The predicted octanol–water partition coefficient (Wildman–Crippen LogP) is 1.98. The molecule has 0 unspecified atom stereocenters. The second kappa shape index (κ2) is 6.07. The van der Waals surface area contributed by atoms with Crippen molar-refractivity contribution in [2.75, 3.05) is 19.0 Å². The summed E-state index contributed by atoms with van der Waals surface area (Å²) in [5, 5.41) is 5.03. The largest absolute Gasteiger partial charge is 0.383 e. The van der Waals surface area contributed by atoms with Crippen molar-refractivity contribution in [3.63, 3.8) is 0 Å². The van der Waals surface area contributed by atoms with Crippen molar-refractivity contribution in [2.24, 2.45) is 0 Å². The summed E-state index contributed by atoms with van der Waals surface area (Å²) in [5.41, 5.74) is 0.157. The number of carbonyl (C=O) groups excluding carboxylic acids is 1. The average Bonchev–Trinajstić information content (AvgIpc) is 2.21. The monoisotopic (exact) mass is 226 g/mol. The lowest BCUT2D eigenvalue weighted by Crippen LogP contribution is -2.38. The minimum Gasteiger partial charge on any atom is -0.383 e. The minimum absolute atomic E-state index is 0.128. The van der Waals surface area contributed by atoms with Gasteiger partial charge < -0.3 is 15.4 Å². The molecule has 4 nitrogen and oxygen atoms in total. The molecule has 1 rings (SSSR count). The molecule has 0 saturated heterocycles. The van der Waals surface area contributed by atoms with Crippen molar-refractivity contribution < 1.29 is 13.9 Å². The Morgan fingerprint density at radius 3 is 2.81 bits per heavy atom. The first-order valence-electron chi connectivity index (χ1n) is 4.94. The number of anilines is 1. The molecule has 88 valence electrons. The maximum absolute atomic E-state index is 13.2. The van der Waals surface area contributed by atoms with Gasteiger partial charge in [-0.3, -0.25) is 0 Å². The first-order valence-corrected chi connectivity index (χ1v) is 4.94. The molecule has 0 aliphatic heterocycles. The summed E-state index contributed by atoms with van der Waals surface area (Å²) in [5.74, 6) is -0.461. The Balaban J connectivity index is 2.49. The molecular formula is C11H15FN2O2. The Morgan fingerprint density at radius 2 is 2.19 bits per heavy atom. The SMILES string of the molecule is COC[C@@H](C)NC(=O)Nc1ccccc1F. The zero-order chi connectivity index (χ0) is 12.0. The molecule has 0 heterocycles. The number of para-hydroxylation sites is 1. The van der Waals surface area contributed by atoms with Crippen molar-refractivity contribution in [2.45, 2.75) is 13.0 Å². The summed E-state index contributed by atoms with van der Waals surface area (Å²) >= 11 is 0. The molecule has 0 saturated carbocycles. The quantitative estimate of drug-likeness (QED) is 0.824. The fourth-order valence-corrected chi connectivity index (χ4v) is 1.24. The van der Waals surface area contributed by atoms with Crippen molar-refractivity contribution >= 4 is 11.7 Å². The van der Waals surface area contributed by atoms with Gasteiger partial charge in [-0.15, -0.1) is 0 Å². The number of methoxy groups -OCH3 is 1. The van der Waals surface area contributed by atoms with Crippen LogP contribution >= 0.6 is 0 Å². The molecule has 0 aromatic heterocycles. The van der Waals surface area contributed by atoms with E-state index in [1.807, 2.05) is 0 Å². The van der Waals surface area contributed by atoms with Crippen LogP contribution in [-0.2, 0) is 4.74 Å². The lowest BCUT2D eigenvalue weighted by atomic mass is 10.3. The van der Waals surface area contributed by atoms with E-state index in [2.05, 4.69) is 10.6 Å². The standard InChI is InChI=1S/C11H15FN2O2/c1-8(7-16-2)13-11(15)14-10-6-4-3-5-9(10)12/h3-6,8H,7H2,1-2H3,(H2,13,14,15)/t8-/m1/s1. The zero-order valence-corrected chi connectivity index (χ0v) is 9.29. The summed E-state index contributed by atoms with van der Waals surface area (Å²) in [4.78, 5) is 11.4. The van der Waals surface area contributed by atoms with E-state index in [1.54, 1.807) is 26.2 Å². The highest BCUT2D eigenvalue weighted by Crippen LogP contribution is 2.11. The number of halogens is 1. The van der Waals surface area contributed by atoms with E-state index in [1.165, 1.54) is 12.1 Å². The summed E-state index contributed by atoms with van der Waals surface area (Å²) < 4.78 is 18.0. The van der Waals surface area contributed by atoms with Crippen LogP contribution in [0.25, 0.3) is 0 Å². The van der Waals surface area contributed by atoms with E-state index >= 15 is 0 Å². The van der Waals surface area contributed by atoms with E-state index in [0.29, 0.717) is 6.61 Å². The van der Waals surface area contributed by atoms with E-state index in [0.717, 1.165) is 0 Å². The van der Waals surface area contributed by atoms with Crippen LogP contribution in [-0.4, -0.2) is 25.8 Å². The molecule has 5 heteroatoms. The van der Waals surface area contributed by atoms with Gasteiger partial charge >= 0.3 is 6.03 Å². The van der Waals surface area contributed by atoms with Gasteiger partial charge in [0, 0.05) is 7.11 Å². The van der Waals surface area contributed by atoms with Crippen LogP contribution in [0.5, 0.6) is 0 Å². The first kappa shape index (κ1) is 12.4. The highest BCUT2D eigenvalue weighted by atomic mass is 19.1. The molecule has 0 radical (unpaired) electrons. The Morgan fingerprint density at radius 1 is 1.50 bits per heavy atom. The van der Waals surface area contributed by atoms with Crippen LogP contribution in [0, 0.1) is 5.82 Å². The normalized spacial score (nSPS) is 11.9. The zero-order valence-electron chi connectivity index (χ0n) is 9.29. The Labute approximate surface area is 93.8 Å². The van der Waals surface area contributed by atoms with Gasteiger partial charge in [-0.1, -0.05) is 12.1 Å². The van der Waals surface area contributed by atoms with Crippen molar-refractivity contribution in [3.8, 4) is 0 Å². The van der Waals surface area contributed by atoms with Crippen molar-refractivity contribution in [3.05, 3.63) is 30.1 Å². The number of hydrogen-bond acceptors (Lipinski definition) is 2. The summed E-state index contributed by atoms with van der Waals surface area (Å²) in [6, 6.07) is 5.42. The Kier molecular flexibility index (Phi) is 4.72. The molecule has 0 bridgehead atoms. The Bertz CT molecular complexity index is 358. The lowest BCUT2D eigenvalue weighted by molar-refractivity contribution is 0.173. The van der Waals surface area contributed by atoms with Crippen LogP contribution in [0.3, 0.4) is 0 Å². The summed E-state index contributed by atoms with van der Waals surface area (Å²) in [6.07, 6.45) is 0. The number of nitrogens with one attached hydrogen (secondary N) is 2. The number of hydrogen-bond donors (Lipinski definition) is 2. The highest BCUT2D eigenvalue weighted by Gasteiger charge is 2.08. The summed E-state index contributed by atoms with van der Waals surface area (Å²) in [6.45, 7) is 2.20. The fourth-order valence-electron chi connectivity index (χ4n) is 1.24. The molecule has 2 N–H and O–H groups in total. The van der Waals surface area contributed by atoms with Gasteiger partial charge in [-0.05, 0) is 19.1 Å². The van der Waals surface area contributed by atoms with Crippen LogP contribution in [0.2, 0.25) is 0 Å². The molecule has 0 aliphatic carbocycles. The molecule has 0 aliphatic rings. The molecule has 1 aromatic carbocycles.